The van der Waals surface area contributed by atoms with Gasteiger partial charge in [0.1, 0.15) is 5.82 Å². The van der Waals surface area contributed by atoms with Crippen molar-refractivity contribution in [3.8, 4) is 0 Å². The molecule has 0 fully saturated rings. The molecule has 4 heteroatoms. The zero-order valence-corrected chi connectivity index (χ0v) is 7.88. The summed E-state index contributed by atoms with van der Waals surface area (Å²) < 4.78 is 13.3. The number of rotatable bonds is 2. The molecule has 0 unspecified atom stereocenters. The number of nitrogens with two attached hydrogens (primary N) is 1. The summed E-state index contributed by atoms with van der Waals surface area (Å²) in [5.74, 6) is -0.364. The molecule has 0 aliphatic carbocycles. The van der Waals surface area contributed by atoms with Crippen molar-refractivity contribution in [2.45, 2.75) is 6.04 Å². The fraction of sp³-hybridized carbons (Fsp3) is 0.250. The Bertz CT molecular complexity index is 280. The van der Waals surface area contributed by atoms with Gasteiger partial charge in [0, 0.05) is 0 Å². The molecule has 0 aliphatic rings. The molecule has 0 amide bonds. The topological polar surface area (TPSA) is 46.2 Å². The van der Waals surface area contributed by atoms with Gasteiger partial charge in [-0.3, -0.25) is 0 Å². The Morgan fingerprint density at radius 3 is 2.75 bits per heavy atom. The van der Waals surface area contributed by atoms with E-state index in [0.29, 0.717) is 10.0 Å². The highest BCUT2D eigenvalue weighted by molar-refractivity contribution is 9.10. The van der Waals surface area contributed by atoms with Gasteiger partial charge in [0.15, 0.2) is 0 Å². The van der Waals surface area contributed by atoms with E-state index in [1.807, 2.05) is 0 Å². The minimum atomic E-state index is -0.507. The van der Waals surface area contributed by atoms with Crippen molar-refractivity contribution >= 4 is 15.9 Å². The summed E-state index contributed by atoms with van der Waals surface area (Å²) in [4.78, 5) is 0. The SMILES string of the molecule is N[C@H](CO)c1ccc(Br)c(F)c1. The molecule has 0 spiro atoms. The van der Waals surface area contributed by atoms with Gasteiger partial charge in [-0.15, -0.1) is 0 Å². The van der Waals surface area contributed by atoms with Gasteiger partial charge in [0.05, 0.1) is 17.1 Å². The first-order valence-electron chi connectivity index (χ1n) is 3.46. The van der Waals surface area contributed by atoms with Crippen LogP contribution in [0.2, 0.25) is 0 Å². The van der Waals surface area contributed by atoms with Gasteiger partial charge < -0.3 is 10.8 Å². The predicted octanol–water partition coefficient (Wildman–Crippen LogP) is 1.58. The Kier molecular flexibility index (Phi) is 3.20. The van der Waals surface area contributed by atoms with Crippen molar-refractivity contribution in [2.75, 3.05) is 6.61 Å². The monoisotopic (exact) mass is 233 g/mol. The van der Waals surface area contributed by atoms with Gasteiger partial charge in [0.25, 0.3) is 0 Å². The Balaban J connectivity index is 2.96. The van der Waals surface area contributed by atoms with E-state index in [4.69, 9.17) is 10.8 Å². The predicted molar refractivity (Wildman–Crippen MR) is 48.1 cm³/mol. The Hall–Kier alpha value is -0.450. The summed E-state index contributed by atoms with van der Waals surface area (Å²) in [6.07, 6.45) is 0. The zero-order valence-electron chi connectivity index (χ0n) is 6.30. The maximum atomic E-state index is 12.9. The van der Waals surface area contributed by atoms with Crippen LogP contribution < -0.4 is 5.73 Å². The Labute approximate surface area is 78.3 Å². The fourth-order valence-corrected chi connectivity index (χ4v) is 1.10. The molecule has 12 heavy (non-hydrogen) atoms. The van der Waals surface area contributed by atoms with E-state index in [0.717, 1.165) is 0 Å². The first-order chi connectivity index (χ1) is 5.65. The molecule has 66 valence electrons. The second-order valence-electron chi connectivity index (χ2n) is 2.46. The lowest BCUT2D eigenvalue weighted by atomic mass is 10.1. The molecule has 0 aliphatic heterocycles. The van der Waals surface area contributed by atoms with Crippen LogP contribution in [0.5, 0.6) is 0 Å². The smallest absolute Gasteiger partial charge is 0.137 e. The number of aliphatic hydroxyl groups is 1. The van der Waals surface area contributed by atoms with Gasteiger partial charge in [-0.25, -0.2) is 4.39 Å². The minimum absolute atomic E-state index is 0.179. The molecule has 0 aromatic heterocycles. The van der Waals surface area contributed by atoms with Crippen LogP contribution in [-0.2, 0) is 0 Å². The van der Waals surface area contributed by atoms with E-state index in [2.05, 4.69) is 15.9 Å². The van der Waals surface area contributed by atoms with Crippen LogP contribution in [-0.4, -0.2) is 11.7 Å². The van der Waals surface area contributed by atoms with Crippen molar-refractivity contribution in [1.82, 2.24) is 0 Å². The first kappa shape index (κ1) is 9.64. The molecule has 0 radical (unpaired) electrons. The minimum Gasteiger partial charge on any atom is -0.394 e. The van der Waals surface area contributed by atoms with Crippen LogP contribution in [0.1, 0.15) is 11.6 Å². The summed E-state index contributed by atoms with van der Waals surface area (Å²) in [6.45, 7) is -0.179. The molecule has 3 N–H and O–H groups in total. The molecule has 0 saturated heterocycles. The van der Waals surface area contributed by atoms with Crippen molar-refractivity contribution < 1.29 is 9.50 Å². The Morgan fingerprint density at radius 2 is 2.25 bits per heavy atom. The third-order valence-corrected chi connectivity index (χ3v) is 2.21. The molecule has 1 atom stereocenters. The molecular weight excluding hydrogens is 225 g/mol. The third kappa shape index (κ3) is 2.03. The molecule has 0 bridgehead atoms. The van der Waals surface area contributed by atoms with Crippen molar-refractivity contribution in [3.05, 3.63) is 34.1 Å². The molecule has 0 saturated carbocycles. The standard InChI is InChI=1S/C8H9BrFNO/c9-6-2-1-5(3-7(6)10)8(11)4-12/h1-3,8,12H,4,11H2/t8-/m1/s1. The van der Waals surface area contributed by atoms with Gasteiger partial charge in [0.2, 0.25) is 0 Å². The average molecular weight is 234 g/mol. The van der Waals surface area contributed by atoms with Crippen LogP contribution in [0.4, 0.5) is 4.39 Å². The molecule has 0 heterocycles. The molecule has 1 aromatic rings. The summed E-state index contributed by atoms with van der Waals surface area (Å²) >= 11 is 3.02. The second-order valence-corrected chi connectivity index (χ2v) is 3.32. The van der Waals surface area contributed by atoms with Gasteiger partial charge in [-0.2, -0.15) is 0 Å². The summed E-state index contributed by atoms with van der Waals surface area (Å²) in [5.41, 5.74) is 6.08. The van der Waals surface area contributed by atoms with E-state index in [9.17, 15) is 4.39 Å². The maximum absolute atomic E-state index is 12.9. The highest BCUT2D eigenvalue weighted by Gasteiger charge is 2.06. The van der Waals surface area contributed by atoms with E-state index >= 15 is 0 Å². The number of halogens is 2. The van der Waals surface area contributed by atoms with Gasteiger partial charge >= 0.3 is 0 Å². The van der Waals surface area contributed by atoms with Crippen LogP contribution in [0.3, 0.4) is 0 Å². The van der Waals surface area contributed by atoms with Crippen LogP contribution >= 0.6 is 15.9 Å². The number of aliphatic hydroxyl groups excluding tert-OH is 1. The highest BCUT2D eigenvalue weighted by atomic mass is 79.9. The number of hydrogen-bond acceptors (Lipinski definition) is 2. The lowest BCUT2D eigenvalue weighted by Crippen LogP contribution is -2.14. The zero-order chi connectivity index (χ0) is 9.14. The van der Waals surface area contributed by atoms with E-state index in [1.54, 1.807) is 12.1 Å². The lowest BCUT2D eigenvalue weighted by Gasteiger charge is -2.08. The largest absolute Gasteiger partial charge is 0.394 e. The summed E-state index contributed by atoms with van der Waals surface area (Å²) in [5, 5.41) is 8.69. The first-order valence-corrected chi connectivity index (χ1v) is 4.26. The van der Waals surface area contributed by atoms with E-state index < -0.39 is 6.04 Å². The molecule has 2 nitrogen and oxygen atoms in total. The van der Waals surface area contributed by atoms with E-state index in [1.165, 1.54) is 6.07 Å². The molecule has 1 aromatic carbocycles. The number of benzene rings is 1. The maximum Gasteiger partial charge on any atom is 0.137 e. The van der Waals surface area contributed by atoms with Crippen molar-refractivity contribution in [3.63, 3.8) is 0 Å². The summed E-state index contributed by atoms with van der Waals surface area (Å²) in [6, 6.07) is 4.05. The number of hydrogen-bond donors (Lipinski definition) is 2. The van der Waals surface area contributed by atoms with E-state index in [-0.39, 0.29) is 12.4 Å². The van der Waals surface area contributed by atoms with Gasteiger partial charge in [-0.05, 0) is 33.6 Å². The second kappa shape index (κ2) is 3.98. The normalized spacial score (nSPS) is 13.0. The van der Waals surface area contributed by atoms with Crippen LogP contribution in [0.25, 0.3) is 0 Å². The van der Waals surface area contributed by atoms with Gasteiger partial charge in [-0.1, -0.05) is 6.07 Å². The van der Waals surface area contributed by atoms with Crippen molar-refractivity contribution in [2.24, 2.45) is 5.73 Å². The average Bonchev–Trinajstić information content (AvgIpc) is 2.08. The highest BCUT2D eigenvalue weighted by Crippen LogP contribution is 2.19. The molecule has 1 rings (SSSR count). The van der Waals surface area contributed by atoms with Crippen LogP contribution in [0, 0.1) is 5.82 Å². The third-order valence-electron chi connectivity index (χ3n) is 1.57. The van der Waals surface area contributed by atoms with Crippen LogP contribution in [0.15, 0.2) is 22.7 Å². The molecular formula is C8H9BrFNO. The lowest BCUT2D eigenvalue weighted by molar-refractivity contribution is 0.268. The summed E-state index contributed by atoms with van der Waals surface area (Å²) in [7, 11) is 0. The fourth-order valence-electron chi connectivity index (χ4n) is 0.848. The van der Waals surface area contributed by atoms with Crippen molar-refractivity contribution in [1.29, 1.82) is 0 Å². The Morgan fingerprint density at radius 1 is 1.58 bits per heavy atom. The quantitative estimate of drug-likeness (QED) is 0.815.